The first-order valence-electron chi connectivity index (χ1n) is 10.2. The van der Waals surface area contributed by atoms with E-state index in [1.165, 1.54) is 28.9 Å². The van der Waals surface area contributed by atoms with Crippen molar-refractivity contribution in [2.24, 2.45) is 5.41 Å². The topological polar surface area (TPSA) is 110 Å². The lowest BCUT2D eigenvalue weighted by atomic mass is 9.85. The van der Waals surface area contributed by atoms with Crippen LogP contribution in [-0.4, -0.2) is 69.2 Å². The zero-order valence-electron chi connectivity index (χ0n) is 18.3. The third-order valence-corrected chi connectivity index (χ3v) is 5.32. The Labute approximate surface area is 184 Å². The number of benzene rings is 1. The summed E-state index contributed by atoms with van der Waals surface area (Å²) >= 11 is 0. The molecule has 3 rings (SSSR count). The number of hydrogen-bond donors (Lipinski definition) is 2. The number of carbonyl (C=O) groups is 2. The summed E-state index contributed by atoms with van der Waals surface area (Å²) in [5, 5.41) is 20.8. The van der Waals surface area contributed by atoms with Gasteiger partial charge in [-0.3, -0.25) is 9.59 Å². The second kappa shape index (κ2) is 9.19. The van der Waals surface area contributed by atoms with Gasteiger partial charge >= 0.3 is 6.61 Å². The van der Waals surface area contributed by atoms with E-state index >= 15 is 0 Å². The van der Waals surface area contributed by atoms with Crippen molar-refractivity contribution in [2.75, 3.05) is 13.6 Å². The maximum Gasteiger partial charge on any atom is 0.387 e. The Morgan fingerprint density at radius 3 is 2.59 bits per heavy atom. The highest BCUT2D eigenvalue weighted by atomic mass is 19.3. The minimum Gasteiger partial charge on any atom is -0.434 e. The Balaban J connectivity index is 1.97. The Bertz CT molecular complexity index is 975. The average Bonchev–Trinajstić information content (AvgIpc) is 3.33. The van der Waals surface area contributed by atoms with Crippen molar-refractivity contribution >= 4 is 11.8 Å². The molecular weight excluding hydrogens is 424 g/mol. The first-order valence-corrected chi connectivity index (χ1v) is 10.2. The molecule has 2 amide bonds. The van der Waals surface area contributed by atoms with E-state index in [9.17, 15) is 23.5 Å². The molecule has 1 aliphatic heterocycles. The molecule has 1 aromatic carbocycles. The maximum absolute atomic E-state index is 13.5. The number of ether oxygens (including phenoxy) is 1. The minimum atomic E-state index is -3.00. The molecule has 1 aliphatic rings. The van der Waals surface area contributed by atoms with Gasteiger partial charge in [0.15, 0.2) is 0 Å². The van der Waals surface area contributed by atoms with E-state index in [1.54, 1.807) is 18.2 Å². The van der Waals surface area contributed by atoms with Gasteiger partial charge in [-0.25, -0.2) is 4.68 Å². The van der Waals surface area contributed by atoms with Crippen LogP contribution in [0, 0.1) is 5.41 Å². The standard InChI is InChI=1S/C21H27F2N5O4/c1-21(2,3)17(19(31)27-10-12(29)9-15(27)18(30)24-4)28-11-14(25-26-28)13-7-5-6-8-16(13)32-20(22)23/h5-8,11-12,15,17,20,29H,9-10H2,1-4H3,(H,24,30)/t12?,15-,17?/m1/s1. The number of rotatable bonds is 6. The number of likely N-dealkylation sites (N-methyl/N-ethyl adjacent to an activating group) is 1. The molecule has 0 aliphatic carbocycles. The molecule has 0 spiro atoms. The van der Waals surface area contributed by atoms with E-state index in [0.717, 1.165) is 0 Å². The number of aliphatic hydroxyl groups excluding tert-OH is 1. The van der Waals surface area contributed by atoms with Gasteiger partial charge in [-0.05, 0) is 17.5 Å². The summed E-state index contributed by atoms with van der Waals surface area (Å²) in [5.41, 5.74) is -0.0754. The number of halogens is 2. The molecule has 9 nitrogen and oxygen atoms in total. The molecule has 3 atom stereocenters. The van der Waals surface area contributed by atoms with Gasteiger partial charge < -0.3 is 20.1 Å². The molecule has 2 aromatic rings. The zero-order valence-corrected chi connectivity index (χ0v) is 18.3. The van der Waals surface area contributed by atoms with Gasteiger partial charge in [0.1, 0.15) is 23.5 Å². The lowest BCUT2D eigenvalue weighted by Gasteiger charge is -2.34. The van der Waals surface area contributed by atoms with Crippen LogP contribution in [-0.2, 0) is 9.59 Å². The number of hydrogen-bond acceptors (Lipinski definition) is 6. The Kier molecular flexibility index (Phi) is 6.77. The number of amides is 2. The molecule has 1 aromatic heterocycles. The maximum atomic E-state index is 13.5. The number of nitrogens with zero attached hydrogens (tertiary/aromatic N) is 4. The highest BCUT2D eigenvalue weighted by Gasteiger charge is 2.45. The first kappa shape index (κ1) is 23.6. The fourth-order valence-electron chi connectivity index (χ4n) is 3.91. The van der Waals surface area contributed by atoms with Crippen LogP contribution in [0.4, 0.5) is 8.78 Å². The number of aromatic nitrogens is 3. The zero-order chi connectivity index (χ0) is 23.6. The molecule has 174 valence electrons. The average molecular weight is 451 g/mol. The lowest BCUT2D eigenvalue weighted by molar-refractivity contribution is -0.144. The van der Waals surface area contributed by atoms with Crippen molar-refractivity contribution in [1.29, 1.82) is 0 Å². The highest BCUT2D eigenvalue weighted by molar-refractivity contribution is 5.90. The molecule has 0 radical (unpaired) electrons. The van der Waals surface area contributed by atoms with Gasteiger partial charge in [0.25, 0.3) is 0 Å². The van der Waals surface area contributed by atoms with Crippen LogP contribution >= 0.6 is 0 Å². The summed E-state index contributed by atoms with van der Waals surface area (Å²) < 4.78 is 31.5. The predicted molar refractivity (Wildman–Crippen MR) is 111 cm³/mol. The first-order chi connectivity index (χ1) is 15.0. The van der Waals surface area contributed by atoms with Crippen LogP contribution in [0.5, 0.6) is 5.75 Å². The van der Waals surface area contributed by atoms with Crippen LogP contribution in [0.25, 0.3) is 11.3 Å². The minimum absolute atomic E-state index is 0.0239. The highest BCUT2D eigenvalue weighted by Crippen LogP contribution is 2.36. The number of β-amino-alcohol motifs (C(OH)–C–C–N with tert-alkyl or cyclic N) is 1. The Morgan fingerprint density at radius 2 is 1.97 bits per heavy atom. The number of nitrogens with one attached hydrogen (secondary N) is 1. The van der Waals surface area contributed by atoms with Crippen molar-refractivity contribution in [1.82, 2.24) is 25.2 Å². The van der Waals surface area contributed by atoms with Crippen molar-refractivity contribution in [3.05, 3.63) is 30.5 Å². The molecule has 32 heavy (non-hydrogen) atoms. The summed E-state index contributed by atoms with van der Waals surface area (Å²) in [5.74, 6) is -0.813. The molecule has 11 heteroatoms. The number of carbonyl (C=O) groups excluding carboxylic acids is 2. The monoisotopic (exact) mass is 451 g/mol. The van der Waals surface area contributed by atoms with Crippen molar-refractivity contribution in [2.45, 2.75) is 52.0 Å². The van der Waals surface area contributed by atoms with Crippen LogP contribution < -0.4 is 10.1 Å². The molecule has 2 heterocycles. The van der Waals surface area contributed by atoms with Crippen LogP contribution in [0.2, 0.25) is 0 Å². The van der Waals surface area contributed by atoms with E-state index in [4.69, 9.17) is 0 Å². The van der Waals surface area contributed by atoms with Crippen LogP contribution in [0.1, 0.15) is 33.2 Å². The Morgan fingerprint density at radius 1 is 1.28 bits per heavy atom. The van der Waals surface area contributed by atoms with Gasteiger partial charge in [-0.1, -0.05) is 38.1 Å². The van der Waals surface area contributed by atoms with E-state index in [2.05, 4.69) is 20.4 Å². The van der Waals surface area contributed by atoms with E-state index in [0.29, 0.717) is 5.56 Å². The molecular formula is C21H27F2N5O4. The van der Waals surface area contributed by atoms with Gasteiger partial charge in [0.05, 0.1) is 12.3 Å². The smallest absolute Gasteiger partial charge is 0.387 e. The largest absolute Gasteiger partial charge is 0.434 e. The van der Waals surface area contributed by atoms with Crippen LogP contribution in [0.3, 0.4) is 0 Å². The fourth-order valence-corrected chi connectivity index (χ4v) is 3.91. The third-order valence-electron chi connectivity index (χ3n) is 5.32. The molecule has 1 saturated heterocycles. The number of likely N-dealkylation sites (tertiary alicyclic amines) is 1. The number of para-hydroxylation sites is 1. The lowest BCUT2D eigenvalue weighted by Crippen LogP contribution is -2.49. The second-order valence-corrected chi connectivity index (χ2v) is 8.74. The van der Waals surface area contributed by atoms with Gasteiger partial charge in [0.2, 0.25) is 11.8 Å². The predicted octanol–water partition coefficient (Wildman–Crippen LogP) is 1.84. The summed E-state index contributed by atoms with van der Waals surface area (Å²) in [6, 6.07) is 4.52. The van der Waals surface area contributed by atoms with Crippen LogP contribution in [0.15, 0.2) is 30.5 Å². The Hall–Kier alpha value is -3.08. The molecule has 2 unspecified atom stereocenters. The van der Waals surface area contributed by atoms with E-state index < -0.39 is 36.1 Å². The van der Waals surface area contributed by atoms with E-state index in [1.807, 2.05) is 20.8 Å². The second-order valence-electron chi connectivity index (χ2n) is 8.74. The quantitative estimate of drug-likeness (QED) is 0.694. The summed E-state index contributed by atoms with van der Waals surface area (Å²) in [6.45, 7) is 2.54. The molecule has 0 bridgehead atoms. The van der Waals surface area contributed by atoms with Crippen molar-refractivity contribution in [3.63, 3.8) is 0 Å². The molecule has 1 fully saturated rings. The van der Waals surface area contributed by atoms with Gasteiger partial charge in [0, 0.05) is 25.6 Å². The number of aliphatic hydroxyl groups is 1. The van der Waals surface area contributed by atoms with Crippen molar-refractivity contribution < 1.29 is 28.2 Å². The summed E-state index contributed by atoms with van der Waals surface area (Å²) in [7, 11) is 1.47. The summed E-state index contributed by atoms with van der Waals surface area (Å²) in [6.07, 6.45) is 0.818. The van der Waals surface area contributed by atoms with Gasteiger partial charge in [-0.2, -0.15) is 8.78 Å². The van der Waals surface area contributed by atoms with E-state index in [-0.39, 0.29) is 30.3 Å². The molecule has 2 N–H and O–H groups in total. The fraction of sp³-hybridized carbons (Fsp3) is 0.524. The molecule has 0 saturated carbocycles. The SMILES string of the molecule is CNC(=O)[C@H]1CC(O)CN1C(=O)C(n1cc(-c2ccccc2OC(F)F)nn1)C(C)(C)C. The number of alkyl halides is 2. The van der Waals surface area contributed by atoms with Gasteiger partial charge in [-0.15, -0.1) is 5.10 Å². The normalized spacial score (nSPS) is 19.8. The third kappa shape index (κ3) is 4.87. The van der Waals surface area contributed by atoms with Crippen molar-refractivity contribution in [3.8, 4) is 17.0 Å². The summed E-state index contributed by atoms with van der Waals surface area (Å²) in [4.78, 5) is 27.2.